The molecule has 0 aliphatic carbocycles. The van der Waals surface area contributed by atoms with Crippen molar-refractivity contribution in [2.75, 3.05) is 13.8 Å². The van der Waals surface area contributed by atoms with Gasteiger partial charge in [-0.3, -0.25) is 4.79 Å². The Morgan fingerprint density at radius 1 is 0.923 bits per heavy atom. The predicted octanol–water partition coefficient (Wildman–Crippen LogP) is 4.35. The second-order valence-corrected chi connectivity index (χ2v) is 6.26. The molecule has 1 aliphatic heterocycles. The molecule has 1 amide bonds. The molecule has 0 N–H and O–H groups in total. The van der Waals surface area contributed by atoms with E-state index in [0.29, 0.717) is 12.1 Å². The van der Waals surface area contributed by atoms with Gasteiger partial charge in [0.15, 0.2) is 11.5 Å². The molecule has 130 valence electrons. The number of hydrogen-bond donors (Lipinski definition) is 0. The molecule has 0 aromatic heterocycles. The van der Waals surface area contributed by atoms with Gasteiger partial charge in [0.1, 0.15) is 0 Å². The minimum absolute atomic E-state index is 0.0119. The Balaban J connectivity index is 1.58. The molecule has 0 atom stereocenters. The molecular formula is C22H19NO3. The van der Waals surface area contributed by atoms with Gasteiger partial charge in [0, 0.05) is 19.2 Å². The maximum absolute atomic E-state index is 13.0. The van der Waals surface area contributed by atoms with Crippen LogP contribution in [-0.4, -0.2) is 24.6 Å². The number of rotatable bonds is 4. The summed E-state index contributed by atoms with van der Waals surface area (Å²) in [5.41, 5.74) is 3.67. The molecule has 0 unspecified atom stereocenters. The summed E-state index contributed by atoms with van der Waals surface area (Å²) >= 11 is 0. The van der Waals surface area contributed by atoms with Crippen LogP contribution in [0.2, 0.25) is 0 Å². The highest BCUT2D eigenvalue weighted by molar-refractivity contribution is 6.00. The summed E-state index contributed by atoms with van der Waals surface area (Å²) in [6.45, 7) is 0.747. The smallest absolute Gasteiger partial charge is 0.254 e. The number of amides is 1. The third-order valence-corrected chi connectivity index (χ3v) is 4.45. The minimum Gasteiger partial charge on any atom is -0.454 e. The Morgan fingerprint density at radius 2 is 1.65 bits per heavy atom. The van der Waals surface area contributed by atoms with Gasteiger partial charge in [-0.1, -0.05) is 54.6 Å². The standard InChI is InChI=1S/C22H19NO3/c1-23(14-16-11-12-20-21(13-16)26-15-25-20)22(24)19-10-6-5-9-18(19)17-7-3-2-4-8-17/h2-13H,14-15H2,1H3. The number of fused-ring (bicyclic) bond motifs is 1. The van der Waals surface area contributed by atoms with Crippen molar-refractivity contribution in [3.8, 4) is 22.6 Å². The molecule has 4 heteroatoms. The van der Waals surface area contributed by atoms with E-state index in [1.165, 1.54) is 0 Å². The van der Waals surface area contributed by atoms with E-state index in [1.54, 1.807) is 4.90 Å². The third-order valence-electron chi connectivity index (χ3n) is 4.45. The lowest BCUT2D eigenvalue weighted by molar-refractivity contribution is 0.0785. The first-order valence-corrected chi connectivity index (χ1v) is 8.51. The monoisotopic (exact) mass is 345 g/mol. The summed E-state index contributed by atoms with van der Waals surface area (Å²) in [6, 6.07) is 23.4. The quantitative estimate of drug-likeness (QED) is 0.705. The van der Waals surface area contributed by atoms with Crippen LogP contribution in [0.1, 0.15) is 15.9 Å². The van der Waals surface area contributed by atoms with Gasteiger partial charge in [0.2, 0.25) is 6.79 Å². The molecule has 26 heavy (non-hydrogen) atoms. The van der Waals surface area contributed by atoms with Gasteiger partial charge in [-0.15, -0.1) is 0 Å². The summed E-state index contributed by atoms with van der Waals surface area (Å²) in [4.78, 5) is 14.8. The van der Waals surface area contributed by atoms with Crippen LogP contribution < -0.4 is 9.47 Å². The van der Waals surface area contributed by atoms with Crippen LogP contribution in [0.3, 0.4) is 0 Å². The SMILES string of the molecule is CN(Cc1ccc2c(c1)OCO2)C(=O)c1ccccc1-c1ccccc1. The first-order chi connectivity index (χ1) is 12.7. The maximum Gasteiger partial charge on any atom is 0.254 e. The lowest BCUT2D eigenvalue weighted by Gasteiger charge is -2.19. The van der Waals surface area contributed by atoms with Gasteiger partial charge in [-0.25, -0.2) is 0 Å². The molecule has 0 bridgehead atoms. The number of benzene rings is 3. The van der Waals surface area contributed by atoms with Crippen molar-refractivity contribution in [3.63, 3.8) is 0 Å². The van der Waals surface area contributed by atoms with Gasteiger partial charge in [0.05, 0.1) is 0 Å². The zero-order chi connectivity index (χ0) is 17.9. The summed E-state index contributed by atoms with van der Waals surface area (Å²) in [7, 11) is 1.81. The number of nitrogens with zero attached hydrogens (tertiary/aromatic N) is 1. The summed E-state index contributed by atoms with van der Waals surface area (Å²) < 4.78 is 10.8. The molecule has 4 rings (SSSR count). The first-order valence-electron chi connectivity index (χ1n) is 8.51. The van der Waals surface area contributed by atoms with Crippen LogP contribution in [0.15, 0.2) is 72.8 Å². The predicted molar refractivity (Wildman–Crippen MR) is 100 cm³/mol. The Kier molecular flexibility index (Phi) is 4.32. The fourth-order valence-electron chi connectivity index (χ4n) is 3.13. The molecule has 4 nitrogen and oxygen atoms in total. The Morgan fingerprint density at radius 3 is 2.50 bits per heavy atom. The van der Waals surface area contributed by atoms with Crippen molar-refractivity contribution in [2.24, 2.45) is 0 Å². The number of ether oxygens (including phenoxy) is 2. The van der Waals surface area contributed by atoms with Crippen LogP contribution >= 0.6 is 0 Å². The molecule has 1 aliphatic rings. The molecule has 0 radical (unpaired) electrons. The number of carbonyl (C=O) groups excluding carboxylic acids is 1. The van der Waals surface area contributed by atoms with Gasteiger partial charge in [-0.05, 0) is 34.9 Å². The van der Waals surface area contributed by atoms with E-state index >= 15 is 0 Å². The van der Waals surface area contributed by atoms with E-state index in [-0.39, 0.29) is 12.7 Å². The van der Waals surface area contributed by atoms with Crippen molar-refractivity contribution in [2.45, 2.75) is 6.54 Å². The van der Waals surface area contributed by atoms with Gasteiger partial charge >= 0.3 is 0 Å². The lowest BCUT2D eigenvalue weighted by atomic mass is 9.99. The molecular weight excluding hydrogens is 326 g/mol. The van der Waals surface area contributed by atoms with Crippen LogP contribution in [0, 0.1) is 0 Å². The van der Waals surface area contributed by atoms with Crippen molar-refractivity contribution >= 4 is 5.91 Å². The van der Waals surface area contributed by atoms with Gasteiger partial charge in [-0.2, -0.15) is 0 Å². The molecule has 3 aromatic carbocycles. The Hall–Kier alpha value is -3.27. The van der Waals surface area contributed by atoms with Crippen molar-refractivity contribution in [1.82, 2.24) is 4.90 Å². The van der Waals surface area contributed by atoms with E-state index in [0.717, 1.165) is 28.2 Å². The Labute approximate surface area is 152 Å². The van der Waals surface area contributed by atoms with Crippen molar-refractivity contribution in [1.29, 1.82) is 0 Å². The topological polar surface area (TPSA) is 38.8 Å². The zero-order valence-electron chi connectivity index (χ0n) is 14.5. The second kappa shape index (κ2) is 6.92. The van der Waals surface area contributed by atoms with Crippen molar-refractivity contribution in [3.05, 3.63) is 83.9 Å². The van der Waals surface area contributed by atoms with Crippen LogP contribution in [0.25, 0.3) is 11.1 Å². The summed E-state index contributed by atoms with van der Waals surface area (Å²) in [6.07, 6.45) is 0. The van der Waals surface area contributed by atoms with Gasteiger partial charge < -0.3 is 14.4 Å². The van der Waals surface area contributed by atoms with E-state index in [1.807, 2.05) is 79.8 Å². The minimum atomic E-state index is -0.0119. The fraction of sp³-hybridized carbons (Fsp3) is 0.136. The third kappa shape index (κ3) is 3.14. The highest BCUT2D eigenvalue weighted by Crippen LogP contribution is 2.33. The largest absolute Gasteiger partial charge is 0.454 e. The maximum atomic E-state index is 13.0. The number of carbonyl (C=O) groups is 1. The summed E-state index contributed by atoms with van der Waals surface area (Å²) in [5.74, 6) is 1.47. The highest BCUT2D eigenvalue weighted by atomic mass is 16.7. The zero-order valence-corrected chi connectivity index (χ0v) is 14.5. The molecule has 0 fully saturated rings. The highest BCUT2D eigenvalue weighted by Gasteiger charge is 2.18. The molecule has 1 heterocycles. The van der Waals surface area contributed by atoms with E-state index in [2.05, 4.69) is 0 Å². The molecule has 0 spiro atoms. The van der Waals surface area contributed by atoms with Crippen molar-refractivity contribution < 1.29 is 14.3 Å². The molecule has 0 saturated heterocycles. The molecule has 3 aromatic rings. The summed E-state index contributed by atoms with van der Waals surface area (Å²) in [5, 5.41) is 0. The average Bonchev–Trinajstić information content (AvgIpc) is 3.16. The average molecular weight is 345 g/mol. The second-order valence-electron chi connectivity index (χ2n) is 6.26. The lowest BCUT2D eigenvalue weighted by Crippen LogP contribution is -2.26. The fourth-order valence-corrected chi connectivity index (χ4v) is 3.13. The molecule has 0 saturated carbocycles. The van der Waals surface area contributed by atoms with E-state index < -0.39 is 0 Å². The first kappa shape index (κ1) is 16.2. The van der Waals surface area contributed by atoms with Crippen LogP contribution in [0.5, 0.6) is 11.5 Å². The normalized spacial score (nSPS) is 12.0. The van der Waals surface area contributed by atoms with Crippen LogP contribution in [-0.2, 0) is 6.54 Å². The van der Waals surface area contributed by atoms with E-state index in [4.69, 9.17) is 9.47 Å². The van der Waals surface area contributed by atoms with Gasteiger partial charge in [0.25, 0.3) is 5.91 Å². The number of hydrogen-bond acceptors (Lipinski definition) is 3. The Bertz CT molecular complexity index is 937. The van der Waals surface area contributed by atoms with E-state index in [9.17, 15) is 4.79 Å². The van der Waals surface area contributed by atoms with Crippen LogP contribution in [0.4, 0.5) is 0 Å².